The Labute approximate surface area is 196 Å². The van der Waals surface area contributed by atoms with Crippen LogP contribution in [0.4, 0.5) is 10.5 Å². The second-order valence-electron chi connectivity index (χ2n) is 10.5. The summed E-state index contributed by atoms with van der Waals surface area (Å²) in [5.74, 6) is 0. The van der Waals surface area contributed by atoms with Crippen molar-refractivity contribution in [1.29, 1.82) is 0 Å². The minimum atomic E-state index is -3.66. The molecule has 0 bridgehead atoms. The number of nitrogens with zero attached hydrogens (tertiary/aromatic N) is 3. The van der Waals surface area contributed by atoms with Crippen molar-refractivity contribution >= 4 is 33.2 Å². The Morgan fingerprint density at radius 2 is 1.94 bits per heavy atom. The Kier molecular flexibility index (Phi) is 6.18. The van der Waals surface area contributed by atoms with E-state index in [0.717, 1.165) is 31.9 Å². The summed E-state index contributed by atoms with van der Waals surface area (Å²) in [5.41, 5.74) is 0.516. The molecule has 1 amide bonds. The third-order valence-corrected chi connectivity index (χ3v) is 9.56. The van der Waals surface area contributed by atoms with Crippen molar-refractivity contribution in [3.63, 3.8) is 0 Å². The molecular weight excluding hydrogens is 450 g/mol. The highest BCUT2D eigenvalue weighted by Gasteiger charge is 2.42. The van der Waals surface area contributed by atoms with Crippen LogP contribution >= 0.6 is 11.6 Å². The first-order valence-electron chi connectivity index (χ1n) is 11.4. The van der Waals surface area contributed by atoms with Crippen LogP contribution in [0.3, 0.4) is 0 Å². The Morgan fingerprint density at radius 3 is 2.62 bits per heavy atom. The Morgan fingerprint density at radius 1 is 1.19 bits per heavy atom. The lowest BCUT2D eigenvalue weighted by Crippen LogP contribution is -2.57. The zero-order valence-electron chi connectivity index (χ0n) is 19.4. The van der Waals surface area contributed by atoms with E-state index < -0.39 is 26.8 Å². The SMILES string of the molecule is CC(C)(C)OC(=O)N1CC[C@H](S(=O)(=O)c2ccc(N3CCN4CCC[C@@]4(C)C3)cc2Cl)C1. The van der Waals surface area contributed by atoms with E-state index >= 15 is 0 Å². The second kappa shape index (κ2) is 8.37. The number of hydrogen-bond donors (Lipinski definition) is 0. The highest BCUT2D eigenvalue weighted by atomic mass is 35.5. The molecule has 3 fully saturated rings. The first kappa shape index (κ1) is 23.6. The van der Waals surface area contributed by atoms with Gasteiger partial charge in [0.25, 0.3) is 0 Å². The Hall–Kier alpha value is -1.51. The first-order valence-corrected chi connectivity index (χ1v) is 13.3. The number of benzene rings is 1. The summed E-state index contributed by atoms with van der Waals surface area (Å²) in [6.45, 7) is 12.2. The lowest BCUT2D eigenvalue weighted by Gasteiger charge is -2.46. The van der Waals surface area contributed by atoms with Gasteiger partial charge in [0.05, 0.1) is 15.2 Å². The quantitative estimate of drug-likeness (QED) is 0.651. The number of ether oxygens (including phenoxy) is 1. The molecule has 0 saturated carbocycles. The Bertz CT molecular complexity index is 993. The minimum absolute atomic E-state index is 0.121. The van der Waals surface area contributed by atoms with Gasteiger partial charge < -0.3 is 14.5 Å². The van der Waals surface area contributed by atoms with E-state index in [1.165, 1.54) is 17.7 Å². The molecule has 0 unspecified atom stereocenters. The number of piperazine rings is 1. The molecule has 3 aliphatic heterocycles. The molecule has 0 spiro atoms. The molecule has 3 saturated heterocycles. The van der Waals surface area contributed by atoms with Crippen LogP contribution in [0.2, 0.25) is 5.02 Å². The van der Waals surface area contributed by atoms with Gasteiger partial charge in [0, 0.05) is 44.0 Å². The topological polar surface area (TPSA) is 70.2 Å². The van der Waals surface area contributed by atoms with E-state index in [0.29, 0.717) is 13.0 Å². The molecule has 7 nitrogen and oxygen atoms in total. The van der Waals surface area contributed by atoms with Gasteiger partial charge in [-0.25, -0.2) is 13.2 Å². The fraction of sp³-hybridized carbons (Fsp3) is 0.696. The maximum atomic E-state index is 13.3. The molecule has 178 valence electrons. The van der Waals surface area contributed by atoms with E-state index in [9.17, 15) is 13.2 Å². The van der Waals surface area contributed by atoms with Gasteiger partial charge in [-0.3, -0.25) is 4.90 Å². The zero-order valence-corrected chi connectivity index (χ0v) is 21.0. The number of fused-ring (bicyclic) bond motifs is 1. The third kappa shape index (κ3) is 4.59. The van der Waals surface area contributed by atoms with Crippen LogP contribution in [0, 0.1) is 0 Å². The van der Waals surface area contributed by atoms with Gasteiger partial charge in [0.15, 0.2) is 9.84 Å². The summed E-state index contributed by atoms with van der Waals surface area (Å²) in [5, 5.41) is -0.434. The predicted molar refractivity (Wildman–Crippen MR) is 126 cm³/mol. The summed E-state index contributed by atoms with van der Waals surface area (Å²) < 4.78 is 32.0. The van der Waals surface area contributed by atoms with Crippen LogP contribution in [0.25, 0.3) is 0 Å². The van der Waals surface area contributed by atoms with Crippen molar-refractivity contribution in [1.82, 2.24) is 9.80 Å². The van der Waals surface area contributed by atoms with Gasteiger partial charge in [-0.1, -0.05) is 11.6 Å². The van der Waals surface area contributed by atoms with Crippen molar-refractivity contribution in [3.05, 3.63) is 23.2 Å². The predicted octanol–water partition coefficient (Wildman–Crippen LogP) is 3.80. The molecule has 3 aliphatic rings. The minimum Gasteiger partial charge on any atom is -0.444 e. The highest BCUT2D eigenvalue weighted by Crippen LogP contribution is 2.37. The fourth-order valence-electron chi connectivity index (χ4n) is 5.16. The van der Waals surface area contributed by atoms with Gasteiger partial charge in [0.1, 0.15) is 5.60 Å². The first-order chi connectivity index (χ1) is 14.9. The Balaban J connectivity index is 1.47. The fourth-order valence-corrected chi connectivity index (χ4v) is 7.40. The van der Waals surface area contributed by atoms with E-state index in [-0.39, 0.29) is 22.0 Å². The summed E-state index contributed by atoms with van der Waals surface area (Å²) in [4.78, 5) is 18.8. The number of rotatable bonds is 3. The van der Waals surface area contributed by atoms with Crippen molar-refractivity contribution in [2.45, 2.75) is 68.2 Å². The van der Waals surface area contributed by atoms with E-state index in [1.807, 2.05) is 6.07 Å². The molecule has 3 heterocycles. The molecule has 0 N–H and O–H groups in total. The smallest absolute Gasteiger partial charge is 0.410 e. The second-order valence-corrected chi connectivity index (χ2v) is 13.1. The van der Waals surface area contributed by atoms with Crippen LogP contribution < -0.4 is 4.90 Å². The van der Waals surface area contributed by atoms with Crippen LogP contribution in [-0.2, 0) is 14.6 Å². The van der Waals surface area contributed by atoms with Crippen molar-refractivity contribution in [2.24, 2.45) is 0 Å². The molecule has 1 aromatic rings. The van der Waals surface area contributed by atoms with Gasteiger partial charge >= 0.3 is 6.09 Å². The summed E-state index contributed by atoms with van der Waals surface area (Å²) in [6.07, 6.45) is 2.31. The largest absolute Gasteiger partial charge is 0.444 e. The number of anilines is 1. The lowest BCUT2D eigenvalue weighted by molar-refractivity contribution is 0.0295. The number of amides is 1. The van der Waals surface area contributed by atoms with E-state index in [2.05, 4.69) is 16.7 Å². The summed E-state index contributed by atoms with van der Waals surface area (Å²) >= 11 is 6.52. The third-order valence-electron chi connectivity index (χ3n) is 6.90. The van der Waals surface area contributed by atoms with Gasteiger partial charge in [-0.15, -0.1) is 0 Å². The molecule has 0 radical (unpaired) electrons. The number of halogens is 1. The van der Waals surface area contributed by atoms with Crippen LogP contribution in [0.1, 0.15) is 47.0 Å². The summed E-state index contributed by atoms with van der Waals surface area (Å²) in [7, 11) is -3.66. The number of carbonyl (C=O) groups excluding carboxylic acids is 1. The average molecular weight is 484 g/mol. The van der Waals surface area contributed by atoms with E-state index in [1.54, 1.807) is 32.9 Å². The van der Waals surface area contributed by atoms with Crippen LogP contribution in [0.15, 0.2) is 23.1 Å². The molecule has 2 atom stereocenters. The van der Waals surface area contributed by atoms with Gasteiger partial charge in [-0.05, 0) is 71.7 Å². The standard InChI is InChI=1S/C23H34ClN3O4S/c1-22(2,3)31-21(28)25-11-8-18(15-25)32(29,30)20-7-6-17(14-19(20)24)26-12-13-27-10-5-9-23(27,4)16-26/h6-7,14,18H,5,8-13,15-16H2,1-4H3/t18-,23-/m0/s1. The van der Waals surface area contributed by atoms with Gasteiger partial charge in [0.2, 0.25) is 0 Å². The molecular formula is C23H34ClN3O4S. The van der Waals surface area contributed by atoms with Crippen LogP contribution in [-0.4, -0.2) is 80.0 Å². The van der Waals surface area contributed by atoms with Crippen molar-refractivity contribution in [3.8, 4) is 0 Å². The van der Waals surface area contributed by atoms with E-state index in [4.69, 9.17) is 16.3 Å². The summed E-state index contributed by atoms with van der Waals surface area (Å²) in [6, 6.07) is 5.28. The molecule has 0 aromatic heterocycles. The molecule has 9 heteroatoms. The monoisotopic (exact) mass is 483 g/mol. The number of likely N-dealkylation sites (tertiary alicyclic amines) is 1. The maximum Gasteiger partial charge on any atom is 0.410 e. The molecule has 0 aliphatic carbocycles. The molecule has 32 heavy (non-hydrogen) atoms. The molecule has 4 rings (SSSR count). The lowest BCUT2D eigenvalue weighted by atomic mass is 9.95. The highest BCUT2D eigenvalue weighted by molar-refractivity contribution is 7.92. The maximum absolute atomic E-state index is 13.3. The van der Waals surface area contributed by atoms with Crippen molar-refractivity contribution < 1.29 is 17.9 Å². The van der Waals surface area contributed by atoms with Gasteiger partial charge in [-0.2, -0.15) is 0 Å². The number of sulfone groups is 1. The normalized spacial score (nSPS) is 27.0. The van der Waals surface area contributed by atoms with Crippen LogP contribution in [0.5, 0.6) is 0 Å². The average Bonchev–Trinajstić information content (AvgIpc) is 3.32. The zero-order chi connectivity index (χ0) is 23.3. The number of hydrogen-bond acceptors (Lipinski definition) is 6. The number of carbonyl (C=O) groups is 1. The molecule has 1 aromatic carbocycles. The van der Waals surface area contributed by atoms with Crippen molar-refractivity contribution in [2.75, 3.05) is 44.2 Å².